The Labute approximate surface area is 120 Å². The van der Waals surface area contributed by atoms with E-state index in [-0.39, 0.29) is 5.91 Å². The monoisotopic (exact) mass is 363 g/mol. The summed E-state index contributed by atoms with van der Waals surface area (Å²) in [5.74, 6) is 0.0798. The van der Waals surface area contributed by atoms with Gasteiger partial charge in [0.1, 0.15) is 0 Å². The van der Waals surface area contributed by atoms with Gasteiger partial charge in [0.15, 0.2) is 0 Å². The highest BCUT2D eigenvalue weighted by Crippen LogP contribution is 2.29. The fraction of sp³-hybridized carbons (Fsp3) is 0.615. The number of carbonyl (C=O) groups excluding carboxylic acids is 1. The lowest BCUT2D eigenvalue weighted by molar-refractivity contribution is -0.123. The Hall–Kier alpha value is -0.0900. The fourth-order valence-corrected chi connectivity index (χ4v) is 3.23. The summed E-state index contributed by atoms with van der Waals surface area (Å²) in [6.45, 7) is 3.03. The normalized spacial score (nSPS) is 18.1. The van der Waals surface area contributed by atoms with Crippen LogP contribution in [0.1, 0.15) is 45.4 Å². The lowest BCUT2D eigenvalue weighted by Gasteiger charge is -2.18. The summed E-state index contributed by atoms with van der Waals surface area (Å²) in [6.07, 6.45) is 9.10. The molecular weight excluding hydrogens is 346 g/mol. The molecule has 0 spiro atoms. The van der Waals surface area contributed by atoms with Gasteiger partial charge in [0.2, 0.25) is 0 Å². The predicted octanol–water partition coefficient (Wildman–Crippen LogP) is 4.70. The molecule has 0 saturated carbocycles. The average molecular weight is 365 g/mol. The molecule has 0 unspecified atom stereocenters. The molecule has 2 nitrogen and oxygen atoms in total. The van der Waals surface area contributed by atoms with Gasteiger partial charge in [-0.2, -0.15) is 0 Å². The average Bonchev–Trinajstić information content (AvgIpc) is 2.58. The highest BCUT2D eigenvalue weighted by atomic mass is 79.9. The van der Waals surface area contributed by atoms with Gasteiger partial charge in [-0.1, -0.05) is 55.0 Å². The largest absolute Gasteiger partial charge is 0.307 e. The second kappa shape index (κ2) is 8.09. The summed E-state index contributed by atoms with van der Waals surface area (Å²) in [6, 6.07) is 0. The van der Waals surface area contributed by atoms with Gasteiger partial charge >= 0.3 is 0 Å². The maximum Gasteiger partial charge on any atom is 0.252 e. The van der Waals surface area contributed by atoms with Gasteiger partial charge in [-0.25, -0.2) is 0 Å². The predicted molar refractivity (Wildman–Crippen MR) is 79.1 cm³/mol. The van der Waals surface area contributed by atoms with E-state index < -0.39 is 0 Å². The van der Waals surface area contributed by atoms with Gasteiger partial charge < -0.3 is 4.90 Å². The quantitative estimate of drug-likeness (QED) is 0.599. The van der Waals surface area contributed by atoms with Crippen molar-refractivity contribution >= 4 is 37.8 Å². The van der Waals surface area contributed by atoms with Crippen LogP contribution in [0.2, 0.25) is 0 Å². The van der Waals surface area contributed by atoms with Crippen LogP contribution < -0.4 is 0 Å². The zero-order valence-corrected chi connectivity index (χ0v) is 13.4. The SMILES string of the molecule is CCCCCCCCN1C(=O)C=C(Br)/C1=C/Br. The summed E-state index contributed by atoms with van der Waals surface area (Å²) < 4.78 is 0.866. The second-order valence-electron chi connectivity index (χ2n) is 4.24. The number of unbranched alkanes of at least 4 members (excludes halogenated alkanes) is 5. The summed E-state index contributed by atoms with van der Waals surface area (Å²) in [5.41, 5.74) is 0.934. The number of allylic oxidation sites excluding steroid dienone is 1. The van der Waals surface area contributed by atoms with Crippen LogP contribution in [0, 0.1) is 0 Å². The zero-order valence-electron chi connectivity index (χ0n) is 10.2. The van der Waals surface area contributed by atoms with Crippen molar-refractivity contribution in [2.24, 2.45) is 0 Å². The Morgan fingerprint density at radius 1 is 1.24 bits per heavy atom. The van der Waals surface area contributed by atoms with Crippen molar-refractivity contribution in [3.63, 3.8) is 0 Å². The number of rotatable bonds is 7. The summed E-state index contributed by atoms with van der Waals surface area (Å²) in [4.78, 5) is 15.3. The van der Waals surface area contributed by atoms with E-state index in [0.29, 0.717) is 0 Å². The number of carbonyl (C=O) groups is 1. The van der Waals surface area contributed by atoms with E-state index in [4.69, 9.17) is 0 Å². The summed E-state index contributed by atoms with van der Waals surface area (Å²) >= 11 is 6.69. The first-order valence-electron chi connectivity index (χ1n) is 6.20. The Morgan fingerprint density at radius 2 is 1.88 bits per heavy atom. The van der Waals surface area contributed by atoms with Crippen molar-refractivity contribution in [2.45, 2.75) is 45.4 Å². The third kappa shape index (κ3) is 4.59. The number of amides is 1. The molecule has 1 amide bonds. The number of halogens is 2. The molecular formula is C13H19Br2NO. The van der Waals surface area contributed by atoms with Crippen LogP contribution in [0.4, 0.5) is 0 Å². The molecule has 1 rings (SSSR count). The minimum Gasteiger partial charge on any atom is -0.307 e. The van der Waals surface area contributed by atoms with Crippen LogP contribution in [-0.2, 0) is 4.79 Å². The van der Waals surface area contributed by atoms with E-state index in [0.717, 1.165) is 23.1 Å². The molecule has 0 saturated heterocycles. The molecule has 0 bridgehead atoms. The molecule has 0 fully saturated rings. The molecule has 1 heterocycles. The highest BCUT2D eigenvalue weighted by Gasteiger charge is 2.24. The molecule has 96 valence electrons. The smallest absolute Gasteiger partial charge is 0.252 e. The van der Waals surface area contributed by atoms with E-state index >= 15 is 0 Å². The van der Waals surface area contributed by atoms with Crippen LogP contribution in [-0.4, -0.2) is 17.4 Å². The van der Waals surface area contributed by atoms with E-state index in [9.17, 15) is 4.79 Å². The van der Waals surface area contributed by atoms with Crippen LogP contribution in [0.15, 0.2) is 21.2 Å². The van der Waals surface area contributed by atoms with Gasteiger partial charge in [-0.3, -0.25) is 4.79 Å². The number of nitrogens with zero attached hydrogens (tertiary/aromatic N) is 1. The minimum atomic E-state index is 0.0798. The van der Waals surface area contributed by atoms with Gasteiger partial charge in [0.05, 0.1) is 5.70 Å². The van der Waals surface area contributed by atoms with Crippen LogP contribution in [0.25, 0.3) is 0 Å². The van der Waals surface area contributed by atoms with E-state index in [1.807, 2.05) is 4.90 Å². The van der Waals surface area contributed by atoms with Crippen molar-refractivity contribution < 1.29 is 4.79 Å². The molecule has 1 aliphatic heterocycles. The number of hydrogen-bond donors (Lipinski definition) is 0. The van der Waals surface area contributed by atoms with Gasteiger partial charge in [-0.15, -0.1) is 0 Å². The Kier molecular flexibility index (Phi) is 7.12. The standard InChI is InChI=1S/C13H19Br2NO/c1-2-3-4-5-6-7-8-16-12(10-14)11(15)9-13(16)17/h9-10H,2-8H2,1H3/b12-10-. The lowest BCUT2D eigenvalue weighted by atomic mass is 10.1. The molecule has 0 aromatic rings. The molecule has 1 aliphatic rings. The first kappa shape index (κ1) is 15.0. The van der Waals surface area contributed by atoms with Crippen molar-refractivity contribution in [2.75, 3.05) is 6.54 Å². The van der Waals surface area contributed by atoms with Gasteiger partial charge in [0.25, 0.3) is 5.91 Å². The van der Waals surface area contributed by atoms with Crippen LogP contribution in [0.5, 0.6) is 0 Å². The van der Waals surface area contributed by atoms with Crippen molar-refractivity contribution in [1.82, 2.24) is 4.90 Å². The van der Waals surface area contributed by atoms with Gasteiger partial charge in [-0.05, 0) is 22.4 Å². The number of hydrogen-bond acceptors (Lipinski definition) is 1. The Morgan fingerprint density at radius 3 is 2.53 bits per heavy atom. The minimum absolute atomic E-state index is 0.0798. The maximum absolute atomic E-state index is 11.7. The fourth-order valence-electron chi connectivity index (χ4n) is 1.90. The zero-order chi connectivity index (χ0) is 12.7. The van der Waals surface area contributed by atoms with Crippen molar-refractivity contribution in [3.05, 3.63) is 21.2 Å². The molecule has 0 atom stereocenters. The summed E-state index contributed by atoms with van der Waals surface area (Å²) in [5, 5.41) is 0. The van der Waals surface area contributed by atoms with E-state index in [2.05, 4.69) is 38.8 Å². The second-order valence-corrected chi connectivity index (χ2v) is 5.56. The van der Waals surface area contributed by atoms with Crippen molar-refractivity contribution in [3.8, 4) is 0 Å². The molecule has 0 aromatic carbocycles. The van der Waals surface area contributed by atoms with Crippen molar-refractivity contribution in [1.29, 1.82) is 0 Å². The topological polar surface area (TPSA) is 20.3 Å². The molecule has 0 N–H and O–H groups in total. The first-order valence-corrected chi connectivity index (χ1v) is 7.91. The molecule has 17 heavy (non-hydrogen) atoms. The highest BCUT2D eigenvalue weighted by molar-refractivity contribution is 9.12. The molecule has 4 heteroatoms. The van der Waals surface area contributed by atoms with Crippen LogP contribution >= 0.6 is 31.9 Å². The third-order valence-corrected chi connectivity index (χ3v) is 3.96. The third-order valence-electron chi connectivity index (χ3n) is 2.89. The first-order chi connectivity index (χ1) is 8.20. The lowest BCUT2D eigenvalue weighted by Crippen LogP contribution is -2.25. The Bertz CT molecular complexity index is 323. The summed E-state index contributed by atoms with van der Waals surface area (Å²) in [7, 11) is 0. The Balaban J connectivity index is 2.26. The molecule has 0 aliphatic carbocycles. The van der Waals surface area contributed by atoms with E-state index in [1.54, 1.807) is 11.1 Å². The maximum atomic E-state index is 11.7. The van der Waals surface area contributed by atoms with Gasteiger partial charge in [0, 0.05) is 22.1 Å². The van der Waals surface area contributed by atoms with Crippen LogP contribution in [0.3, 0.4) is 0 Å². The molecule has 0 aromatic heterocycles. The molecule has 0 radical (unpaired) electrons. The van der Waals surface area contributed by atoms with E-state index in [1.165, 1.54) is 32.1 Å².